The number of ether oxygens (including phenoxy) is 1. The van der Waals surface area contributed by atoms with E-state index in [0.29, 0.717) is 13.1 Å². The van der Waals surface area contributed by atoms with Gasteiger partial charge in [0.1, 0.15) is 11.9 Å². The van der Waals surface area contributed by atoms with E-state index < -0.39 is 5.60 Å². The second-order valence-corrected chi connectivity index (χ2v) is 5.46. The summed E-state index contributed by atoms with van der Waals surface area (Å²) in [5.74, 6) is 0.224. The van der Waals surface area contributed by atoms with E-state index in [0.717, 1.165) is 18.3 Å². The largest absolute Gasteiger partial charge is 0.444 e. The summed E-state index contributed by atoms with van der Waals surface area (Å²) in [5, 5.41) is 0. The molecular formula is C13H21NO3. The van der Waals surface area contributed by atoms with E-state index in [1.54, 1.807) is 11.0 Å². The summed E-state index contributed by atoms with van der Waals surface area (Å²) >= 11 is 0. The molecule has 1 amide bonds. The zero-order valence-electron chi connectivity index (χ0n) is 11.0. The monoisotopic (exact) mass is 239 g/mol. The van der Waals surface area contributed by atoms with Crippen LogP contribution in [0.25, 0.3) is 0 Å². The Morgan fingerprint density at radius 3 is 2.59 bits per heavy atom. The van der Waals surface area contributed by atoms with Gasteiger partial charge in [-0.3, -0.25) is 4.79 Å². The molecule has 1 heterocycles. The highest BCUT2D eigenvalue weighted by atomic mass is 16.6. The van der Waals surface area contributed by atoms with Crippen LogP contribution in [0.4, 0.5) is 4.79 Å². The molecule has 0 bridgehead atoms. The summed E-state index contributed by atoms with van der Waals surface area (Å²) in [5.41, 5.74) is 0.652. The number of carbonyl (C=O) groups is 2. The molecule has 1 fully saturated rings. The van der Waals surface area contributed by atoms with Crippen molar-refractivity contribution < 1.29 is 14.3 Å². The molecule has 0 aromatic rings. The van der Waals surface area contributed by atoms with E-state index in [1.165, 1.54) is 0 Å². The van der Waals surface area contributed by atoms with Crippen molar-refractivity contribution in [2.75, 3.05) is 13.1 Å². The van der Waals surface area contributed by atoms with Crippen molar-refractivity contribution in [2.45, 2.75) is 39.7 Å². The van der Waals surface area contributed by atoms with Crippen molar-refractivity contribution in [1.82, 2.24) is 4.90 Å². The van der Waals surface area contributed by atoms with Crippen LogP contribution >= 0.6 is 0 Å². The molecule has 1 rings (SSSR count). The number of carbonyl (C=O) groups excluding carboxylic acids is 2. The summed E-state index contributed by atoms with van der Waals surface area (Å²) in [7, 11) is 0. The molecule has 4 nitrogen and oxygen atoms in total. The normalized spacial score (nSPS) is 23.6. The summed E-state index contributed by atoms with van der Waals surface area (Å²) in [6.45, 7) is 8.83. The molecule has 0 saturated carbocycles. The van der Waals surface area contributed by atoms with Gasteiger partial charge in [-0.1, -0.05) is 12.5 Å². The topological polar surface area (TPSA) is 46.6 Å². The van der Waals surface area contributed by atoms with Crippen molar-refractivity contribution >= 4 is 12.4 Å². The lowest BCUT2D eigenvalue weighted by Gasteiger charge is -2.34. The molecule has 4 heteroatoms. The molecule has 17 heavy (non-hydrogen) atoms. The number of rotatable bonds is 1. The summed E-state index contributed by atoms with van der Waals surface area (Å²) in [6.07, 6.45) is 2.90. The maximum absolute atomic E-state index is 11.8. The molecule has 1 saturated heterocycles. The maximum atomic E-state index is 11.8. The molecule has 0 aromatic heterocycles. The summed E-state index contributed by atoms with van der Waals surface area (Å²) in [6, 6.07) is 0. The Kier molecular flexibility index (Phi) is 4.32. The minimum atomic E-state index is -0.459. The first-order valence-electron chi connectivity index (χ1n) is 5.95. The van der Waals surface area contributed by atoms with Crippen molar-refractivity contribution in [3.05, 3.63) is 11.6 Å². The Morgan fingerprint density at radius 2 is 2.12 bits per heavy atom. The van der Waals surface area contributed by atoms with Gasteiger partial charge in [0.15, 0.2) is 0 Å². The minimum Gasteiger partial charge on any atom is -0.444 e. The van der Waals surface area contributed by atoms with Crippen molar-refractivity contribution in [2.24, 2.45) is 5.92 Å². The van der Waals surface area contributed by atoms with Crippen LogP contribution in [0.15, 0.2) is 11.6 Å². The Balaban J connectivity index is 2.58. The van der Waals surface area contributed by atoms with Crippen LogP contribution in [0.5, 0.6) is 0 Å². The standard InChI is InChI=1S/C13H21NO3/c1-10-9-14(7-5-11(10)6-8-15)12(16)17-13(2,3)4/h6,8,10H,5,7,9H2,1-4H3. The van der Waals surface area contributed by atoms with Crippen LogP contribution in [0.2, 0.25) is 0 Å². The minimum absolute atomic E-state index is 0.224. The van der Waals surface area contributed by atoms with E-state index in [4.69, 9.17) is 4.74 Å². The third-order valence-electron chi connectivity index (χ3n) is 2.73. The van der Waals surface area contributed by atoms with Gasteiger partial charge in [0.05, 0.1) is 0 Å². The lowest BCUT2D eigenvalue weighted by atomic mass is 9.93. The highest BCUT2D eigenvalue weighted by Crippen LogP contribution is 2.23. The second-order valence-electron chi connectivity index (χ2n) is 5.46. The van der Waals surface area contributed by atoms with Crippen molar-refractivity contribution in [3.63, 3.8) is 0 Å². The van der Waals surface area contributed by atoms with Gasteiger partial charge < -0.3 is 9.64 Å². The molecule has 0 aromatic carbocycles. The number of amides is 1. The quantitative estimate of drug-likeness (QED) is 0.521. The molecule has 0 radical (unpaired) electrons. The number of nitrogens with zero attached hydrogens (tertiary/aromatic N) is 1. The Hall–Kier alpha value is -1.32. The molecule has 1 aliphatic heterocycles. The Bertz CT molecular complexity index is 328. The van der Waals surface area contributed by atoms with Gasteiger partial charge in [-0.05, 0) is 39.2 Å². The van der Waals surface area contributed by atoms with Crippen LogP contribution in [-0.4, -0.2) is 36.0 Å². The van der Waals surface area contributed by atoms with Crippen LogP contribution in [-0.2, 0) is 9.53 Å². The van der Waals surface area contributed by atoms with E-state index >= 15 is 0 Å². The predicted molar refractivity (Wildman–Crippen MR) is 65.7 cm³/mol. The maximum Gasteiger partial charge on any atom is 0.410 e. The number of hydrogen-bond donors (Lipinski definition) is 0. The third-order valence-corrected chi connectivity index (χ3v) is 2.73. The fourth-order valence-corrected chi connectivity index (χ4v) is 1.88. The molecule has 0 spiro atoms. The first kappa shape index (κ1) is 13.7. The Morgan fingerprint density at radius 1 is 1.47 bits per heavy atom. The first-order valence-corrected chi connectivity index (χ1v) is 5.95. The van der Waals surface area contributed by atoms with Crippen molar-refractivity contribution in [3.8, 4) is 0 Å². The van der Waals surface area contributed by atoms with Crippen molar-refractivity contribution in [1.29, 1.82) is 0 Å². The number of piperidine rings is 1. The van der Waals surface area contributed by atoms with Crippen LogP contribution < -0.4 is 0 Å². The Labute approximate surface area is 103 Å². The smallest absolute Gasteiger partial charge is 0.410 e. The third kappa shape index (κ3) is 4.21. The lowest BCUT2D eigenvalue weighted by Crippen LogP contribution is -2.43. The molecule has 1 aliphatic rings. The van der Waals surface area contributed by atoms with Gasteiger partial charge >= 0.3 is 6.09 Å². The van der Waals surface area contributed by atoms with Gasteiger partial charge in [-0.25, -0.2) is 4.79 Å². The highest BCUT2D eigenvalue weighted by Gasteiger charge is 2.27. The zero-order valence-corrected chi connectivity index (χ0v) is 11.0. The summed E-state index contributed by atoms with van der Waals surface area (Å²) < 4.78 is 5.32. The van der Waals surface area contributed by atoms with Gasteiger partial charge in [0, 0.05) is 13.1 Å². The highest BCUT2D eigenvalue weighted by molar-refractivity contribution is 5.69. The number of hydrogen-bond acceptors (Lipinski definition) is 3. The molecule has 1 atom stereocenters. The van der Waals surface area contributed by atoms with Gasteiger partial charge in [-0.15, -0.1) is 0 Å². The SMILES string of the molecule is CC1CN(C(=O)OC(C)(C)C)CCC1=CC=O. The number of aldehydes is 1. The van der Waals surface area contributed by atoms with Crippen LogP contribution in [0.1, 0.15) is 34.1 Å². The van der Waals surface area contributed by atoms with Gasteiger partial charge in [0.25, 0.3) is 0 Å². The van der Waals surface area contributed by atoms with E-state index in [1.807, 2.05) is 27.7 Å². The number of allylic oxidation sites excluding steroid dienone is 1. The molecular weight excluding hydrogens is 218 g/mol. The van der Waals surface area contributed by atoms with Crippen LogP contribution in [0, 0.1) is 5.92 Å². The zero-order chi connectivity index (χ0) is 13.1. The second kappa shape index (κ2) is 5.34. The molecule has 0 N–H and O–H groups in total. The van der Waals surface area contributed by atoms with E-state index in [2.05, 4.69) is 0 Å². The predicted octanol–water partition coefficient (Wildman–Crippen LogP) is 2.39. The molecule has 0 aliphatic carbocycles. The van der Waals surface area contributed by atoms with E-state index in [-0.39, 0.29) is 12.0 Å². The first-order chi connectivity index (χ1) is 7.83. The molecule has 1 unspecified atom stereocenters. The summed E-state index contributed by atoms with van der Waals surface area (Å²) in [4.78, 5) is 24.0. The van der Waals surface area contributed by atoms with Crippen LogP contribution in [0.3, 0.4) is 0 Å². The molecule has 96 valence electrons. The van der Waals surface area contributed by atoms with Gasteiger partial charge in [-0.2, -0.15) is 0 Å². The number of likely N-dealkylation sites (tertiary alicyclic amines) is 1. The average Bonchev–Trinajstić information content (AvgIpc) is 2.18. The fraction of sp³-hybridized carbons (Fsp3) is 0.692. The van der Waals surface area contributed by atoms with E-state index in [9.17, 15) is 9.59 Å². The van der Waals surface area contributed by atoms with Gasteiger partial charge in [0.2, 0.25) is 0 Å². The lowest BCUT2D eigenvalue weighted by molar-refractivity contribution is -0.104. The average molecular weight is 239 g/mol. The fourth-order valence-electron chi connectivity index (χ4n) is 1.88.